The highest BCUT2D eigenvalue weighted by Crippen LogP contribution is 2.33. The van der Waals surface area contributed by atoms with E-state index in [0.29, 0.717) is 44.3 Å². The number of carboxylic acids is 1. The lowest BCUT2D eigenvalue weighted by atomic mass is 9.82. The molecule has 0 radical (unpaired) electrons. The van der Waals surface area contributed by atoms with Crippen LogP contribution in [0.3, 0.4) is 0 Å². The first kappa shape index (κ1) is 32.7. The van der Waals surface area contributed by atoms with Gasteiger partial charge in [-0.3, -0.25) is 4.79 Å². The van der Waals surface area contributed by atoms with Crippen LogP contribution in [0.4, 0.5) is 4.79 Å². The quantitative estimate of drug-likeness (QED) is 0.226. The number of hydrogen-bond donors (Lipinski definition) is 1. The van der Waals surface area contributed by atoms with E-state index in [4.69, 9.17) is 9.47 Å². The number of benzene rings is 1. The molecule has 41 heavy (non-hydrogen) atoms. The number of hydrogen-bond acceptors (Lipinski definition) is 7. The van der Waals surface area contributed by atoms with Crippen LogP contribution in [0.15, 0.2) is 24.3 Å². The maximum Gasteiger partial charge on any atom is 0.410 e. The average molecular weight is 588 g/mol. The maximum absolute atomic E-state index is 12.4. The van der Waals surface area contributed by atoms with E-state index in [2.05, 4.69) is 59.4 Å². The Hall–Kier alpha value is -2.79. The Morgan fingerprint density at radius 1 is 1.12 bits per heavy atom. The number of aromatic nitrogens is 4. The van der Waals surface area contributed by atoms with Crippen molar-refractivity contribution in [3.05, 3.63) is 41.2 Å². The lowest BCUT2D eigenvalue weighted by Gasteiger charge is -2.33. The zero-order chi connectivity index (χ0) is 30.2. The molecule has 1 aliphatic rings. The molecule has 1 aromatic heterocycles. The standard InChI is InChI=1S/C30H49N5O5Si/c1-8-9-25(28(36)37)26(27-31-32-33-35(27)21-39-18-19-41(5,6)7)20-22-10-12-23(13-11-22)24-14-16-34(17-15-24)29(38)40-30(2,3)4/h10-13,24-26H,8-9,14-21H2,1-7H3,(H,36,37)/t25-,26-/m0/s1. The Kier molecular flexibility index (Phi) is 11.5. The number of rotatable bonds is 13. The van der Waals surface area contributed by atoms with Gasteiger partial charge in [-0.1, -0.05) is 57.3 Å². The van der Waals surface area contributed by atoms with Crippen LogP contribution in [0.25, 0.3) is 0 Å². The third-order valence-electron chi connectivity index (χ3n) is 7.56. The van der Waals surface area contributed by atoms with Crippen LogP contribution < -0.4 is 0 Å². The number of piperidine rings is 1. The van der Waals surface area contributed by atoms with Gasteiger partial charge in [0.2, 0.25) is 0 Å². The van der Waals surface area contributed by atoms with Gasteiger partial charge in [0.1, 0.15) is 12.3 Å². The Morgan fingerprint density at radius 3 is 2.34 bits per heavy atom. The summed E-state index contributed by atoms with van der Waals surface area (Å²) in [5.74, 6) is -0.905. The zero-order valence-corrected chi connectivity index (χ0v) is 26.9. The van der Waals surface area contributed by atoms with Crippen molar-refractivity contribution >= 4 is 20.1 Å². The van der Waals surface area contributed by atoms with E-state index < -0.39 is 25.6 Å². The van der Waals surface area contributed by atoms with Crippen LogP contribution in [0.5, 0.6) is 0 Å². The summed E-state index contributed by atoms with van der Waals surface area (Å²) in [5.41, 5.74) is 1.78. The zero-order valence-electron chi connectivity index (χ0n) is 25.9. The van der Waals surface area contributed by atoms with E-state index >= 15 is 0 Å². The van der Waals surface area contributed by atoms with Crippen LogP contribution in [-0.2, 0) is 27.4 Å². The fourth-order valence-electron chi connectivity index (χ4n) is 5.22. The molecule has 0 bridgehead atoms. The van der Waals surface area contributed by atoms with Gasteiger partial charge in [-0.05, 0) is 80.0 Å². The average Bonchev–Trinajstić information content (AvgIpc) is 3.36. The molecule has 1 amide bonds. The SMILES string of the molecule is CCC[C@H](C(=O)O)[C@H](Cc1ccc(C2CCN(C(=O)OC(C)(C)C)CC2)cc1)c1nnnn1COCC[Si](C)(C)C. The number of carbonyl (C=O) groups excluding carboxylic acids is 1. The molecular formula is C30H49N5O5Si. The van der Waals surface area contributed by atoms with Crippen molar-refractivity contribution in [2.75, 3.05) is 19.7 Å². The molecule has 1 fully saturated rings. The number of amides is 1. The normalized spacial score (nSPS) is 16.4. The summed E-state index contributed by atoms with van der Waals surface area (Å²) in [5, 5.41) is 22.5. The van der Waals surface area contributed by atoms with Crippen molar-refractivity contribution in [1.82, 2.24) is 25.1 Å². The molecule has 2 aromatic rings. The van der Waals surface area contributed by atoms with E-state index in [-0.39, 0.29) is 18.7 Å². The fourth-order valence-corrected chi connectivity index (χ4v) is 5.98. The van der Waals surface area contributed by atoms with Gasteiger partial charge in [-0.15, -0.1) is 5.10 Å². The summed E-state index contributed by atoms with van der Waals surface area (Å²) in [6, 6.07) is 9.49. The molecule has 1 saturated heterocycles. The van der Waals surface area contributed by atoms with Gasteiger partial charge >= 0.3 is 12.1 Å². The molecule has 228 valence electrons. The van der Waals surface area contributed by atoms with Crippen molar-refractivity contribution in [1.29, 1.82) is 0 Å². The van der Waals surface area contributed by atoms with E-state index in [0.717, 1.165) is 30.9 Å². The van der Waals surface area contributed by atoms with Gasteiger partial charge in [-0.2, -0.15) is 0 Å². The van der Waals surface area contributed by atoms with Gasteiger partial charge in [0.25, 0.3) is 0 Å². The predicted octanol–water partition coefficient (Wildman–Crippen LogP) is 5.93. The number of ether oxygens (including phenoxy) is 2. The molecule has 10 nitrogen and oxygen atoms in total. The summed E-state index contributed by atoms with van der Waals surface area (Å²) >= 11 is 0. The Labute approximate surface area is 245 Å². The third-order valence-corrected chi connectivity index (χ3v) is 9.26. The lowest BCUT2D eigenvalue weighted by molar-refractivity contribution is -0.143. The molecule has 2 heterocycles. The van der Waals surface area contributed by atoms with Crippen molar-refractivity contribution in [2.24, 2.45) is 5.92 Å². The fraction of sp³-hybridized carbons (Fsp3) is 0.700. The highest BCUT2D eigenvalue weighted by atomic mass is 28.3. The monoisotopic (exact) mass is 587 g/mol. The minimum absolute atomic E-state index is 0.211. The largest absolute Gasteiger partial charge is 0.481 e. The number of carboxylic acid groups (broad SMARTS) is 1. The molecule has 11 heteroatoms. The number of aliphatic carboxylic acids is 1. The van der Waals surface area contributed by atoms with Crippen LogP contribution >= 0.6 is 0 Å². The molecule has 1 aromatic carbocycles. The number of tetrazole rings is 1. The van der Waals surface area contributed by atoms with Gasteiger partial charge in [0.05, 0.1) is 5.92 Å². The molecule has 0 aliphatic carbocycles. The second-order valence-electron chi connectivity index (χ2n) is 13.4. The van der Waals surface area contributed by atoms with Gasteiger partial charge in [-0.25, -0.2) is 9.48 Å². The number of carbonyl (C=O) groups is 2. The van der Waals surface area contributed by atoms with Crippen LogP contribution in [-0.4, -0.2) is 75.6 Å². The first-order valence-corrected chi connectivity index (χ1v) is 18.6. The van der Waals surface area contributed by atoms with Crippen molar-refractivity contribution in [2.45, 2.75) is 110 Å². The molecule has 0 saturated carbocycles. The Balaban J connectivity index is 1.69. The van der Waals surface area contributed by atoms with E-state index in [9.17, 15) is 14.7 Å². The van der Waals surface area contributed by atoms with E-state index in [1.807, 2.05) is 27.7 Å². The maximum atomic E-state index is 12.4. The third kappa shape index (κ3) is 10.2. The number of likely N-dealkylation sites (tertiary alicyclic amines) is 1. The van der Waals surface area contributed by atoms with Crippen molar-refractivity contribution in [3.63, 3.8) is 0 Å². The van der Waals surface area contributed by atoms with Crippen LogP contribution in [0, 0.1) is 5.92 Å². The minimum atomic E-state index is -1.23. The molecule has 1 aliphatic heterocycles. The molecule has 3 rings (SSSR count). The number of nitrogens with zero attached hydrogens (tertiary/aromatic N) is 5. The van der Waals surface area contributed by atoms with Crippen LogP contribution in [0.2, 0.25) is 25.7 Å². The first-order chi connectivity index (χ1) is 19.3. The van der Waals surface area contributed by atoms with Crippen molar-refractivity contribution in [3.8, 4) is 0 Å². The summed E-state index contributed by atoms with van der Waals surface area (Å²) in [7, 11) is -1.23. The Bertz CT molecular complexity index is 1120. The van der Waals surface area contributed by atoms with Crippen molar-refractivity contribution < 1.29 is 24.2 Å². The summed E-state index contributed by atoms with van der Waals surface area (Å²) in [4.78, 5) is 26.6. The Morgan fingerprint density at radius 2 is 1.78 bits per heavy atom. The van der Waals surface area contributed by atoms with Gasteiger partial charge < -0.3 is 19.5 Å². The summed E-state index contributed by atoms with van der Waals surface area (Å²) in [6.45, 7) is 16.7. The van der Waals surface area contributed by atoms with Gasteiger partial charge in [0.15, 0.2) is 5.82 Å². The molecule has 0 spiro atoms. The minimum Gasteiger partial charge on any atom is -0.481 e. The smallest absolute Gasteiger partial charge is 0.410 e. The second kappa shape index (κ2) is 14.4. The summed E-state index contributed by atoms with van der Waals surface area (Å²) < 4.78 is 13.0. The molecule has 0 unspecified atom stereocenters. The summed E-state index contributed by atoms with van der Waals surface area (Å²) in [6.07, 6.45) is 3.32. The molecule has 2 atom stereocenters. The molecular weight excluding hydrogens is 538 g/mol. The van der Waals surface area contributed by atoms with Gasteiger partial charge in [0, 0.05) is 33.7 Å². The predicted molar refractivity (Wildman–Crippen MR) is 161 cm³/mol. The lowest BCUT2D eigenvalue weighted by Crippen LogP contribution is -2.41. The highest BCUT2D eigenvalue weighted by Gasteiger charge is 2.33. The first-order valence-electron chi connectivity index (χ1n) is 14.9. The highest BCUT2D eigenvalue weighted by molar-refractivity contribution is 6.76. The van der Waals surface area contributed by atoms with E-state index in [1.54, 1.807) is 9.58 Å². The van der Waals surface area contributed by atoms with Crippen LogP contribution in [0.1, 0.15) is 82.2 Å². The second-order valence-corrected chi connectivity index (χ2v) is 19.0. The topological polar surface area (TPSA) is 120 Å². The molecule has 1 N–H and O–H groups in total. The van der Waals surface area contributed by atoms with E-state index in [1.165, 1.54) is 5.56 Å².